The maximum Gasteiger partial charge on any atom is 0.433 e. The van der Waals surface area contributed by atoms with E-state index in [0.717, 1.165) is 12.3 Å². The molecule has 4 rings (SSSR count). The van der Waals surface area contributed by atoms with Crippen LogP contribution in [0.2, 0.25) is 0 Å². The summed E-state index contributed by atoms with van der Waals surface area (Å²) in [6.07, 6.45) is -3.52. The van der Waals surface area contributed by atoms with Crippen LogP contribution >= 0.6 is 0 Å². The molecule has 2 aromatic carbocycles. The van der Waals surface area contributed by atoms with Gasteiger partial charge in [-0.2, -0.15) is 18.2 Å². The summed E-state index contributed by atoms with van der Waals surface area (Å²) in [4.78, 5) is 11.6. The number of nitrogens with zero attached hydrogens (tertiary/aromatic N) is 3. The predicted octanol–water partition coefficient (Wildman–Crippen LogP) is 5.81. The Kier molecular flexibility index (Phi) is 5.59. The Bertz CT molecular complexity index is 1230. The molecule has 0 aliphatic rings. The van der Waals surface area contributed by atoms with Gasteiger partial charge in [0.25, 0.3) is 0 Å². The van der Waals surface area contributed by atoms with E-state index in [1.165, 1.54) is 18.2 Å². The molecule has 32 heavy (non-hydrogen) atoms. The van der Waals surface area contributed by atoms with Crippen LogP contribution in [0.3, 0.4) is 0 Å². The third kappa shape index (κ3) is 5.09. The van der Waals surface area contributed by atoms with Crippen LogP contribution in [0.5, 0.6) is 11.5 Å². The molecule has 4 aromatic rings. The van der Waals surface area contributed by atoms with Gasteiger partial charge in [-0.05, 0) is 54.6 Å². The van der Waals surface area contributed by atoms with Crippen LogP contribution in [0.1, 0.15) is 5.69 Å². The Labute approximate surface area is 179 Å². The van der Waals surface area contributed by atoms with Gasteiger partial charge in [0, 0.05) is 29.6 Å². The average Bonchev–Trinajstić information content (AvgIpc) is 2.75. The van der Waals surface area contributed by atoms with Crippen molar-refractivity contribution in [1.82, 2.24) is 15.0 Å². The second kappa shape index (κ2) is 8.50. The number of ether oxygens (including phenoxy) is 1. The lowest BCUT2D eigenvalue weighted by Gasteiger charge is -2.11. The van der Waals surface area contributed by atoms with E-state index in [1.807, 2.05) is 0 Å². The highest BCUT2D eigenvalue weighted by atomic mass is 19.4. The van der Waals surface area contributed by atoms with Crippen molar-refractivity contribution in [2.45, 2.75) is 6.18 Å². The summed E-state index contributed by atoms with van der Waals surface area (Å²) in [5.41, 5.74) is 6.57. The molecule has 0 spiro atoms. The number of aromatic nitrogens is 3. The number of nitrogens with one attached hydrogen (secondary N) is 1. The van der Waals surface area contributed by atoms with Gasteiger partial charge in [0.05, 0.1) is 5.69 Å². The van der Waals surface area contributed by atoms with Crippen molar-refractivity contribution in [3.8, 4) is 22.8 Å². The van der Waals surface area contributed by atoms with E-state index in [1.54, 1.807) is 42.5 Å². The molecule has 3 N–H and O–H groups in total. The number of halogens is 4. The Morgan fingerprint density at radius 3 is 2.25 bits per heavy atom. The quantitative estimate of drug-likeness (QED) is 0.380. The van der Waals surface area contributed by atoms with Crippen molar-refractivity contribution in [3.05, 3.63) is 84.4 Å². The number of alkyl halides is 3. The molecule has 0 bridgehead atoms. The number of nitrogens with two attached hydrogens (primary N) is 1. The first kappa shape index (κ1) is 21.0. The lowest BCUT2D eigenvalue weighted by atomic mass is 10.1. The maximum absolute atomic E-state index is 13.2. The number of hydrogen-bond donors (Lipinski definition) is 2. The van der Waals surface area contributed by atoms with Gasteiger partial charge in [0.15, 0.2) is 0 Å². The molecule has 0 amide bonds. The summed E-state index contributed by atoms with van der Waals surface area (Å²) < 4.78 is 57.0. The Balaban J connectivity index is 1.49. The third-order valence-corrected chi connectivity index (χ3v) is 4.27. The zero-order chi connectivity index (χ0) is 22.7. The molecular formula is C22H15F4N5O. The number of pyridine rings is 1. The smallest absolute Gasteiger partial charge is 0.433 e. The van der Waals surface area contributed by atoms with E-state index in [0.29, 0.717) is 28.5 Å². The molecule has 0 unspecified atom stereocenters. The normalized spacial score (nSPS) is 11.2. The summed E-state index contributed by atoms with van der Waals surface area (Å²) in [6, 6.07) is 16.1. The van der Waals surface area contributed by atoms with Gasteiger partial charge < -0.3 is 15.8 Å². The van der Waals surface area contributed by atoms with Crippen molar-refractivity contribution in [2.24, 2.45) is 0 Å². The van der Waals surface area contributed by atoms with Crippen molar-refractivity contribution < 1.29 is 22.3 Å². The predicted molar refractivity (Wildman–Crippen MR) is 111 cm³/mol. The Morgan fingerprint density at radius 2 is 1.56 bits per heavy atom. The molecule has 6 nitrogen and oxygen atoms in total. The second-order valence-corrected chi connectivity index (χ2v) is 6.63. The molecule has 2 aromatic heterocycles. The first-order chi connectivity index (χ1) is 15.3. The van der Waals surface area contributed by atoms with Crippen LogP contribution in [0.15, 0.2) is 72.9 Å². The van der Waals surface area contributed by atoms with E-state index in [-0.39, 0.29) is 17.5 Å². The van der Waals surface area contributed by atoms with Gasteiger partial charge in [-0.25, -0.2) is 9.37 Å². The Hall–Kier alpha value is -4.21. The monoisotopic (exact) mass is 441 g/mol. The number of benzene rings is 2. The van der Waals surface area contributed by atoms with Gasteiger partial charge >= 0.3 is 6.18 Å². The van der Waals surface area contributed by atoms with Gasteiger partial charge in [-0.1, -0.05) is 0 Å². The first-order valence-corrected chi connectivity index (χ1v) is 9.25. The fraction of sp³-hybridized carbons (Fsp3) is 0.0455. The summed E-state index contributed by atoms with van der Waals surface area (Å²) in [5, 5.41) is 3.07. The summed E-state index contributed by atoms with van der Waals surface area (Å²) >= 11 is 0. The minimum absolute atomic E-state index is 0.0144. The van der Waals surface area contributed by atoms with Crippen molar-refractivity contribution in [1.29, 1.82) is 0 Å². The molecule has 0 aliphatic heterocycles. The molecule has 2 heterocycles. The van der Waals surface area contributed by atoms with E-state index in [4.69, 9.17) is 10.5 Å². The molecule has 0 atom stereocenters. The maximum atomic E-state index is 13.2. The van der Waals surface area contributed by atoms with Crippen molar-refractivity contribution >= 4 is 17.5 Å². The van der Waals surface area contributed by atoms with Gasteiger partial charge in [-0.3, -0.25) is 4.98 Å². The van der Waals surface area contributed by atoms with Crippen molar-refractivity contribution in [2.75, 3.05) is 11.1 Å². The van der Waals surface area contributed by atoms with Gasteiger partial charge in [0.1, 0.15) is 28.8 Å². The van der Waals surface area contributed by atoms with Crippen LogP contribution in [-0.2, 0) is 6.18 Å². The number of hydrogen-bond acceptors (Lipinski definition) is 6. The van der Waals surface area contributed by atoms with Gasteiger partial charge in [0.2, 0.25) is 5.95 Å². The number of nitrogen functional groups attached to an aromatic ring is 1. The van der Waals surface area contributed by atoms with Crippen molar-refractivity contribution in [3.63, 3.8) is 0 Å². The molecular weight excluding hydrogens is 426 g/mol. The van der Waals surface area contributed by atoms with Crippen LogP contribution in [-0.4, -0.2) is 15.0 Å². The van der Waals surface area contributed by atoms with E-state index in [2.05, 4.69) is 20.3 Å². The third-order valence-electron chi connectivity index (χ3n) is 4.27. The van der Waals surface area contributed by atoms with Crippen LogP contribution < -0.4 is 15.8 Å². The average molecular weight is 441 g/mol. The van der Waals surface area contributed by atoms with Crippen LogP contribution in [0, 0.1) is 5.82 Å². The van der Waals surface area contributed by atoms with Gasteiger partial charge in [-0.15, -0.1) is 0 Å². The first-order valence-electron chi connectivity index (χ1n) is 9.25. The molecule has 0 radical (unpaired) electrons. The number of anilines is 3. The van der Waals surface area contributed by atoms with E-state index >= 15 is 0 Å². The second-order valence-electron chi connectivity index (χ2n) is 6.63. The highest BCUT2D eigenvalue weighted by Crippen LogP contribution is 2.31. The number of rotatable bonds is 5. The van der Waals surface area contributed by atoms with Crippen LogP contribution in [0.4, 0.5) is 35.0 Å². The summed E-state index contributed by atoms with van der Waals surface area (Å²) in [6.45, 7) is 0. The van der Waals surface area contributed by atoms with E-state index in [9.17, 15) is 17.6 Å². The highest BCUT2D eigenvalue weighted by molar-refractivity contribution is 5.67. The zero-order valence-electron chi connectivity index (χ0n) is 16.3. The minimum Gasteiger partial charge on any atom is -0.457 e. The fourth-order valence-electron chi connectivity index (χ4n) is 2.82. The topological polar surface area (TPSA) is 86.0 Å². The molecule has 10 heteroatoms. The zero-order valence-corrected chi connectivity index (χ0v) is 16.3. The largest absolute Gasteiger partial charge is 0.457 e. The lowest BCUT2D eigenvalue weighted by molar-refractivity contribution is -0.141. The SMILES string of the molecule is Nc1nc(Nc2ccc(Oc3ccnc(C(F)(F)F)c3)cc2)cc(-c2ccc(F)cc2)n1. The molecule has 0 fully saturated rings. The van der Waals surface area contributed by atoms with Crippen LogP contribution in [0.25, 0.3) is 11.3 Å². The molecule has 162 valence electrons. The standard InChI is InChI=1S/C22H15F4N5O/c23-14-3-1-13(2-4-14)18-12-20(31-21(27)30-18)29-15-5-7-16(8-6-15)32-17-9-10-28-19(11-17)22(24,25)26/h1-12H,(H3,27,29,30,31). The molecule has 0 saturated heterocycles. The minimum atomic E-state index is -4.56. The summed E-state index contributed by atoms with van der Waals surface area (Å²) in [5.74, 6) is 0.435. The fourth-order valence-corrected chi connectivity index (χ4v) is 2.82. The lowest BCUT2D eigenvalue weighted by Crippen LogP contribution is -2.07. The highest BCUT2D eigenvalue weighted by Gasteiger charge is 2.32. The molecule has 0 saturated carbocycles. The molecule has 0 aliphatic carbocycles. The summed E-state index contributed by atoms with van der Waals surface area (Å²) in [7, 11) is 0. The Morgan fingerprint density at radius 1 is 0.844 bits per heavy atom. The van der Waals surface area contributed by atoms with E-state index < -0.39 is 11.9 Å².